The Morgan fingerprint density at radius 3 is 2.89 bits per heavy atom. The Morgan fingerprint density at radius 1 is 1.67 bits per heavy atom. The van der Waals surface area contributed by atoms with Gasteiger partial charge >= 0.3 is 0 Å². The van der Waals surface area contributed by atoms with E-state index in [4.69, 9.17) is 21.1 Å². The lowest BCUT2D eigenvalue weighted by Gasteiger charge is -2.25. The zero-order valence-corrected chi connectivity index (χ0v) is 6.06. The lowest BCUT2D eigenvalue weighted by molar-refractivity contribution is -0.0918. The van der Waals surface area contributed by atoms with Gasteiger partial charge in [0.25, 0.3) is 0 Å². The highest BCUT2D eigenvalue weighted by atomic mass is 35.5. The van der Waals surface area contributed by atoms with Crippen LogP contribution in [0.1, 0.15) is 6.42 Å². The van der Waals surface area contributed by atoms with Gasteiger partial charge in [-0.2, -0.15) is 0 Å². The molecule has 2 nitrogen and oxygen atoms in total. The van der Waals surface area contributed by atoms with Crippen molar-refractivity contribution in [3.8, 4) is 0 Å². The SMILES string of the molecule is ClCCOCC1CCO1. The second-order valence-corrected chi connectivity index (χ2v) is 2.42. The van der Waals surface area contributed by atoms with Crippen LogP contribution in [0.4, 0.5) is 0 Å². The maximum atomic E-state index is 5.38. The molecule has 0 spiro atoms. The van der Waals surface area contributed by atoms with Gasteiger partial charge in [-0.3, -0.25) is 0 Å². The summed E-state index contributed by atoms with van der Waals surface area (Å²) in [5.74, 6) is 0.576. The average Bonchev–Trinajstić information content (AvgIpc) is 1.76. The van der Waals surface area contributed by atoms with Crippen LogP contribution in [0.25, 0.3) is 0 Å². The molecule has 0 bridgehead atoms. The molecule has 1 aliphatic rings. The number of rotatable bonds is 4. The summed E-state index contributed by atoms with van der Waals surface area (Å²) in [4.78, 5) is 0. The molecule has 1 fully saturated rings. The second kappa shape index (κ2) is 4.09. The van der Waals surface area contributed by atoms with Crippen molar-refractivity contribution in [2.45, 2.75) is 12.5 Å². The Hall–Kier alpha value is 0.210. The minimum Gasteiger partial charge on any atom is -0.378 e. The largest absolute Gasteiger partial charge is 0.378 e. The summed E-state index contributed by atoms with van der Waals surface area (Å²) in [7, 11) is 0. The van der Waals surface area contributed by atoms with Gasteiger partial charge in [-0.05, 0) is 6.42 Å². The molecule has 0 radical (unpaired) electrons. The summed E-state index contributed by atoms with van der Waals surface area (Å²) in [5.41, 5.74) is 0. The van der Waals surface area contributed by atoms with Crippen molar-refractivity contribution in [1.29, 1.82) is 0 Å². The van der Waals surface area contributed by atoms with Crippen molar-refractivity contribution in [2.24, 2.45) is 0 Å². The number of halogens is 1. The van der Waals surface area contributed by atoms with Crippen LogP contribution in [0, 0.1) is 0 Å². The summed E-state index contributed by atoms with van der Waals surface area (Å²) in [5, 5.41) is 0. The van der Waals surface area contributed by atoms with Gasteiger partial charge < -0.3 is 9.47 Å². The Balaban J connectivity index is 1.80. The Kier molecular flexibility index (Phi) is 3.33. The smallest absolute Gasteiger partial charge is 0.0830 e. The second-order valence-electron chi connectivity index (χ2n) is 2.05. The zero-order valence-electron chi connectivity index (χ0n) is 5.31. The van der Waals surface area contributed by atoms with E-state index in [-0.39, 0.29) is 0 Å². The molecule has 54 valence electrons. The monoisotopic (exact) mass is 150 g/mol. The van der Waals surface area contributed by atoms with Crippen LogP contribution in [0.2, 0.25) is 0 Å². The van der Waals surface area contributed by atoms with Crippen LogP contribution >= 0.6 is 11.6 Å². The molecule has 0 aromatic heterocycles. The minimum atomic E-state index is 0.355. The first-order chi connectivity index (χ1) is 4.43. The van der Waals surface area contributed by atoms with Gasteiger partial charge in [-0.1, -0.05) is 0 Å². The summed E-state index contributed by atoms with van der Waals surface area (Å²) in [6.45, 7) is 2.25. The van der Waals surface area contributed by atoms with Crippen molar-refractivity contribution < 1.29 is 9.47 Å². The molecule has 1 saturated heterocycles. The maximum absolute atomic E-state index is 5.38. The summed E-state index contributed by atoms with van der Waals surface area (Å²) >= 11 is 5.38. The molecule has 1 aliphatic heterocycles. The van der Waals surface area contributed by atoms with Crippen molar-refractivity contribution in [2.75, 3.05) is 25.7 Å². The summed E-state index contributed by atoms with van der Waals surface area (Å²) < 4.78 is 10.2. The van der Waals surface area contributed by atoms with Crippen molar-refractivity contribution in [3.05, 3.63) is 0 Å². The third-order valence-electron chi connectivity index (χ3n) is 1.32. The maximum Gasteiger partial charge on any atom is 0.0830 e. The highest BCUT2D eigenvalue weighted by Crippen LogP contribution is 2.10. The summed E-state index contributed by atoms with van der Waals surface area (Å²) in [6, 6.07) is 0. The van der Waals surface area contributed by atoms with Gasteiger partial charge in [0, 0.05) is 12.5 Å². The Labute approximate surface area is 60.1 Å². The highest BCUT2D eigenvalue weighted by molar-refractivity contribution is 6.17. The Bertz CT molecular complexity index is 73.5. The number of ether oxygens (including phenoxy) is 2. The third-order valence-corrected chi connectivity index (χ3v) is 1.47. The third kappa shape index (κ3) is 2.52. The molecular weight excluding hydrogens is 140 g/mol. The van der Waals surface area contributed by atoms with Crippen LogP contribution < -0.4 is 0 Å². The first-order valence-corrected chi connectivity index (χ1v) is 3.72. The predicted octanol–water partition coefficient (Wildman–Crippen LogP) is 1.03. The van der Waals surface area contributed by atoms with E-state index < -0.39 is 0 Å². The van der Waals surface area contributed by atoms with Gasteiger partial charge in [-0.25, -0.2) is 0 Å². The average molecular weight is 151 g/mol. The van der Waals surface area contributed by atoms with Crippen molar-refractivity contribution >= 4 is 11.6 Å². The van der Waals surface area contributed by atoms with Gasteiger partial charge in [0.2, 0.25) is 0 Å². The van der Waals surface area contributed by atoms with E-state index in [1.54, 1.807) is 0 Å². The van der Waals surface area contributed by atoms with Gasteiger partial charge in [0.05, 0.1) is 19.3 Å². The normalized spacial score (nSPS) is 25.7. The molecule has 0 aromatic carbocycles. The van der Waals surface area contributed by atoms with E-state index in [2.05, 4.69) is 0 Å². The van der Waals surface area contributed by atoms with Crippen LogP contribution in [0.5, 0.6) is 0 Å². The van der Waals surface area contributed by atoms with E-state index in [0.29, 0.717) is 25.2 Å². The van der Waals surface area contributed by atoms with Crippen molar-refractivity contribution in [3.63, 3.8) is 0 Å². The number of hydrogen-bond acceptors (Lipinski definition) is 2. The summed E-state index contributed by atoms with van der Waals surface area (Å²) in [6.07, 6.45) is 1.50. The first-order valence-electron chi connectivity index (χ1n) is 3.19. The van der Waals surface area contributed by atoms with E-state index in [0.717, 1.165) is 13.0 Å². The molecule has 0 aliphatic carbocycles. The molecule has 1 unspecified atom stereocenters. The topological polar surface area (TPSA) is 18.5 Å². The quantitative estimate of drug-likeness (QED) is 0.440. The fourth-order valence-electron chi connectivity index (χ4n) is 0.685. The van der Waals surface area contributed by atoms with E-state index >= 15 is 0 Å². The van der Waals surface area contributed by atoms with Gasteiger partial charge in [0.15, 0.2) is 0 Å². The molecule has 0 N–H and O–H groups in total. The molecule has 3 heteroatoms. The van der Waals surface area contributed by atoms with E-state index in [9.17, 15) is 0 Å². The molecule has 9 heavy (non-hydrogen) atoms. The van der Waals surface area contributed by atoms with Crippen LogP contribution in [0.3, 0.4) is 0 Å². The fourth-order valence-corrected chi connectivity index (χ4v) is 0.794. The van der Waals surface area contributed by atoms with Gasteiger partial charge in [-0.15, -0.1) is 11.6 Å². The molecule has 0 amide bonds. The molecule has 1 heterocycles. The lowest BCUT2D eigenvalue weighted by atomic mass is 10.2. The zero-order chi connectivity index (χ0) is 6.53. The highest BCUT2D eigenvalue weighted by Gasteiger charge is 2.17. The number of alkyl halides is 1. The molecule has 1 atom stereocenters. The first kappa shape index (κ1) is 7.32. The van der Waals surface area contributed by atoms with Crippen molar-refractivity contribution in [1.82, 2.24) is 0 Å². The molecule has 0 saturated carbocycles. The standard InChI is InChI=1S/C6H11ClO2/c7-2-4-8-5-6-1-3-9-6/h6H,1-5H2. The molecule has 1 rings (SSSR count). The van der Waals surface area contributed by atoms with Crippen LogP contribution in [-0.4, -0.2) is 31.8 Å². The van der Waals surface area contributed by atoms with Crippen LogP contribution in [0.15, 0.2) is 0 Å². The lowest BCUT2D eigenvalue weighted by Crippen LogP contribution is -2.31. The molecule has 0 aromatic rings. The predicted molar refractivity (Wildman–Crippen MR) is 35.9 cm³/mol. The van der Waals surface area contributed by atoms with Crippen LogP contribution in [-0.2, 0) is 9.47 Å². The minimum absolute atomic E-state index is 0.355. The number of hydrogen-bond donors (Lipinski definition) is 0. The van der Waals surface area contributed by atoms with E-state index in [1.165, 1.54) is 0 Å². The molecular formula is C6H11ClO2. The van der Waals surface area contributed by atoms with Gasteiger partial charge in [0.1, 0.15) is 0 Å². The Morgan fingerprint density at radius 2 is 2.44 bits per heavy atom. The van der Waals surface area contributed by atoms with E-state index in [1.807, 2.05) is 0 Å². The fraction of sp³-hybridized carbons (Fsp3) is 1.00.